The minimum Gasteiger partial charge on any atom is -0.497 e. The smallest absolute Gasteiger partial charge is 0.120 e. The predicted octanol–water partition coefficient (Wildman–Crippen LogP) is 3.23. The van der Waals surface area contributed by atoms with Crippen LogP contribution in [0, 0.1) is 6.92 Å². The van der Waals surface area contributed by atoms with Crippen LogP contribution < -0.4 is 10.1 Å². The van der Waals surface area contributed by atoms with E-state index >= 15 is 0 Å². The number of benzene rings is 1. The second-order valence-electron chi connectivity index (χ2n) is 4.85. The molecule has 1 aromatic carbocycles. The lowest BCUT2D eigenvalue weighted by Gasteiger charge is -2.32. The van der Waals surface area contributed by atoms with Crippen LogP contribution in [0.25, 0.3) is 0 Å². The molecule has 3 nitrogen and oxygen atoms in total. The molecule has 0 amide bonds. The Morgan fingerprint density at radius 2 is 1.88 bits per heavy atom. The van der Waals surface area contributed by atoms with Crippen LogP contribution in [0.3, 0.4) is 0 Å². The Morgan fingerprint density at radius 1 is 1.24 bits per heavy atom. The van der Waals surface area contributed by atoms with E-state index in [1.807, 2.05) is 18.2 Å². The summed E-state index contributed by atoms with van der Waals surface area (Å²) in [6.45, 7) is 8.33. The minimum absolute atomic E-state index is 0.207. The van der Waals surface area contributed by atoms with E-state index in [0.717, 1.165) is 11.4 Å². The van der Waals surface area contributed by atoms with Crippen molar-refractivity contribution in [2.24, 2.45) is 0 Å². The second kappa shape index (κ2) is 5.41. The molecule has 0 radical (unpaired) electrons. The van der Waals surface area contributed by atoms with Gasteiger partial charge in [-0.3, -0.25) is 0 Å². The zero-order valence-electron chi connectivity index (χ0n) is 11.6. The number of hydrogen-bond acceptors (Lipinski definition) is 3. The van der Waals surface area contributed by atoms with Gasteiger partial charge in [0.05, 0.1) is 18.8 Å². The molecule has 0 aliphatic rings. The van der Waals surface area contributed by atoms with Crippen molar-refractivity contribution in [3.8, 4) is 5.75 Å². The van der Waals surface area contributed by atoms with Crippen molar-refractivity contribution in [2.75, 3.05) is 19.5 Å². The van der Waals surface area contributed by atoms with E-state index in [4.69, 9.17) is 9.47 Å². The summed E-state index contributed by atoms with van der Waals surface area (Å²) in [7, 11) is 3.41. The van der Waals surface area contributed by atoms with Crippen LogP contribution in [0.2, 0.25) is 0 Å². The highest BCUT2D eigenvalue weighted by Crippen LogP contribution is 2.25. The van der Waals surface area contributed by atoms with Crippen LogP contribution in [-0.4, -0.2) is 25.9 Å². The molecule has 96 valence electrons. The van der Waals surface area contributed by atoms with Gasteiger partial charge in [0.15, 0.2) is 0 Å². The largest absolute Gasteiger partial charge is 0.497 e. The third kappa shape index (κ3) is 3.37. The molecule has 17 heavy (non-hydrogen) atoms. The lowest BCUT2D eigenvalue weighted by molar-refractivity contribution is 0.0107. The number of nitrogens with one attached hydrogen (secondary N) is 1. The molecule has 3 heteroatoms. The first-order valence-electron chi connectivity index (χ1n) is 5.87. The third-order valence-electron chi connectivity index (χ3n) is 3.39. The summed E-state index contributed by atoms with van der Waals surface area (Å²) in [5.41, 5.74) is 2.07. The summed E-state index contributed by atoms with van der Waals surface area (Å²) < 4.78 is 10.7. The fourth-order valence-electron chi connectivity index (χ4n) is 1.47. The van der Waals surface area contributed by atoms with Crippen LogP contribution in [0.5, 0.6) is 5.75 Å². The van der Waals surface area contributed by atoms with Crippen LogP contribution in [0.1, 0.15) is 26.3 Å². The zero-order chi connectivity index (χ0) is 13.1. The van der Waals surface area contributed by atoms with Gasteiger partial charge in [-0.25, -0.2) is 0 Å². The maximum absolute atomic E-state index is 5.47. The molecule has 1 rings (SSSR count). The van der Waals surface area contributed by atoms with Gasteiger partial charge in [-0.1, -0.05) is 6.07 Å². The van der Waals surface area contributed by atoms with Crippen LogP contribution in [0.4, 0.5) is 5.69 Å². The van der Waals surface area contributed by atoms with Crippen molar-refractivity contribution < 1.29 is 9.47 Å². The quantitative estimate of drug-likeness (QED) is 0.853. The summed E-state index contributed by atoms with van der Waals surface area (Å²) in [5.74, 6) is 0.862. The molecule has 0 fully saturated rings. The molecule has 0 saturated heterocycles. The standard InChI is InChI=1S/C14H23NO2/c1-10-7-8-12(16-5)9-13(10)15-11(2)14(3,4)17-6/h7-9,11,15H,1-6H3. The molecule has 1 aromatic rings. The molecule has 0 bridgehead atoms. The van der Waals surface area contributed by atoms with Crippen molar-refractivity contribution in [3.05, 3.63) is 23.8 Å². The highest BCUT2D eigenvalue weighted by molar-refractivity contribution is 5.55. The molecule has 0 saturated carbocycles. The highest BCUT2D eigenvalue weighted by Gasteiger charge is 2.25. The Hall–Kier alpha value is -1.22. The van der Waals surface area contributed by atoms with E-state index < -0.39 is 0 Å². The third-order valence-corrected chi connectivity index (χ3v) is 3.39. The van der Waals surface area contributed by atoms with Gasteiger partial charge in [0.1, 0.15) is 5.75 Å². The van der Waals surface area contributed by atoms with E-state index in [2.05, 4.69) is 33.0 Å². The molecule has 0 heterocycles. The van der Waals surface area contributed by atoms with Crippen molar-refractivity contribution in [3.63, 3.8) is 0 Å². The van der Waals surface area contributed by atoms with Gasteiger partial charge >= 0.3 is 0 Å². The first-order valence-corrected chi connectivity index (χ1v) is 5.87. The summed E-state index contributed by atoms with van der Waals surface area (Å²) in [6.07, 6.45) is 0. The topological polar surface area (TPSA) is 30.5 Å². The Bertz CT molecular complexity index is 374. The molecule has 0 aliphatic heterocycles. The molecular weight excluding hydrogens is 214 g/mol. The summed E-state index contributed by atoms with van der Waals surface area (Å²) in [5, 5.41) is 3.47. The highest BCUT2D eigenvalue weighted by atomic mass is 16.5. The monoisotopic (exact) mass is 237 g/mol. The zero-order valence-corrected chi connectivity index (χ0v) is 11.6. The normalized spacial score (nSPS) is 13.3. The maximum atomic E-state index is 5.47. The van der Waals surface area contributed by atoms with E-state index in [-0.39, 0.29) is 11.6 Å². The van der Waals surface area contributed by atoms with Gasteiger partial charge in [0, 0.05) is 18.9 Å². The predicted molar refractivity (Wildman–Crippen MR) is 71.9 cm³/mol. The number of aryl methyl sites for hydroxylation is 1. The van der Waals surface area contributed by atoms with E-state index in [1.165, 1.54) is 5.56 Å². The summed E-state index contributed by atoms with van der Waals surface area (Å²) >= 11 is 0. The lowest BCUT2D eigenvalue weighted by atomic mass is 9.99. The van der Waals surface area contributed by atoms with Crippen LogP contribution >= 0.6 is 0 Å². The van der Waals surface area contributed by atoms with Crippen LogP contribution in [0.15, 0.2) is 18.2 Å². The SMILES string of the molecule is COc1ccc(C)c(NC(C)C(C)(C)OC)c1. The average Bonchev–Trinajstić information content (AvgIpc) is 2.31. The Labute approximate surface area is 104 Å². The summed E-state index contributed by atoms with van der Waals surface area (Å²) in [4.78, 5) is 0. The van der Waals surface area contributed by atoms with Gasteiger partial charge in [-0.15, -0.1) is 0 Å². The first-order chi connectivity index (χ1) is 7.90. The molecule has 0 aliphatic carbocycles. The fraction of sp³-hybridized carbons (Fsp3) is 0.571. The van der Waals surface area contributed by atoms with Gasteiger partial charge < -0.3 is 14.8 Å². The minimum atomic E-state index is -0.213. The summed E-state index contributed by atoms with van der Waals surface area (Å²) in [6, 6.07) is 6.23. The van der Waals surface area contributed by atoms with Crippen LogP contribution in [-0.2, 0) is 4.74 Å². The number of anilines is 1. The molecule has 0 aromatic heterocycles. The number of hydrogen-bond donors (Lipinski definition) is 1. The lowest BCUT2D eigenvalue weighted by Crippen LogP contribution is -2.41. The molecular formula is C14H23NO2. The van der Waals surface area contributed by atoms with Crippen molar-refractivity contribution >= 4 is 5.69 Å². The van der Waals surface area contributed by atoms with Crippen molar-refractivity contribution in [1.29, 1.82) is 0 Å². The first kappa shape index (κ1) is 13.8. The number of rotatable bonds is 5. The van der Waals surface area contributed by atoms with E-state index in [0.29, 0.717) is 0 Å². The van der Waals surface area contributed by atoms with Gasteiger partial charge in [-0.2, -0.15) is 0 Å². The Morgan fingerprint density at radius 3 is 2.41 bits per heavy atom. The molecule has 1 unspecified atom stereocenters. The van der Waals surface area contributed by atoms with Crippen molar-refractivity contribution in [1.82, 2.24) is 0 Å². The van der Waals surface area contributed by atoms with Gasteiger partial charge in [0.25, 0.3) is 0 Å². The molecule has 1 N–H and O–H groups in total. The van der Waals surface area contributed by atoms with E-state index in [1.54, 1.807) is 14.2 Å². The molecule has 1 atom stereocenters. The molecule has 0 spiro atoms. The fourth-order valence-corrected chi connectivity index (χ4v) is 1.47. The number of ether oxygens (including phenoxy) is 2. The number of methoxy groups -OCH3 is 2. The van der Waals surface area contributed by atoms with Gasteiger partial charge in [0.2, 0.25) is 0 Å². The average molecular weight is 237 g/mol. The Kier molecular flexibility index (Phi) is 4.40. The maximum Gasteiger partial charge on any atom is 0.120 e. The van der Waals surface area contributed by atoms with Gasteiger partial charge in [-0.05, 0) is 39.3 Å². The van der Waals surface area contributed by atoms with Crippen molar-refractivity contribution in [2.45, 2.75) is 39.3 Å². The van der Waals surface area contributed by atoms with E-state index in [9.17, 15) is 0 Å². The second-order valence-corrected chi connectivity index (χ2v) is 4.85. The Balaban J connectivity index is 2.87.